The van der Waals surface area contributed by atoms with E-state index in [4.69, 9.17) is 18.3 Å². The minimum Gasteiger partial charge on any atom is -0.470 e. The van der Waals surface area contributed by atoms with Gasteiger partial charge in [-0.3, -0.25) is 19.2 Å². The standard InChI is InChI=1S/C25H36BN5O7/c1-16(2)21(31-20(33)8-4-3-5-14-32)23(35)30-19(7-6-13-28-25(27)37)22(34)29-18-11-9-17(10-12-18)15-38-24(26)36/h9-12,14,16,19,21H,3-8,13,15H2,1-2H3,(H,29,34)(H,30,35)(H,31,33)(H3,27,28,37)/t19-,21?/m0/s1. The normalized spacial score (nSPS) is 12.1. The highest BCUT2D eigenvalue weighted by atomic mass is 16.5. The fourth-order valence-corrected chi connectivity index (χ4v) is 3.41. The maximum absolute atomic E-state index is 13.1. The number of aldehydes is 1. The average Bonchev–Trinajstić information content (AvgIpc) is 2.86. The summed E-state index contributed by atoms with van der Waals surface area (Å²) in [5.41, 5.74) is 6.18. The van der Waals surface area contributed by atoms with Crippen LogP contribution < -0.4 is 27.0 Å². The minimum atomic E-state index is -0.971. The first-order chi connectivity index (χ1) is 18.0. The summed E-state index contributed by atoms with van der Waals surface area (Å²) in [7, 11) is 4.96. The summed E-state index contributed by atoms with van der Waals surface area (Å²) in [6, 6.07) is 3.94. The Hall–Kier alpha value is -3.90. The van der Waals surface area contributed by atoms with Crippen LogP contribution in [0.5, 0.6) is 0 Å². The monoisotopic (exact) mass is 529 g/mol. The van der Waals surface area contributed by atoms with Crippen LogP contribution in [0.25, 0.3) is 0 Å². The molecule has 0 fully saturated rings. The van der Waals surface area contributed by atoms with E-state index < -0.39 is 35.8 Å². The molecule has 1 aromatic rings. The topological polar surface area (TPSA) is 186 Å². The number of nitrogens with one attached hydrogen (secondary N) is 4. The molecule has 0 aliphatic rings. The Morgan fingerprint density at radius 2 is 1.68 bits per heavy atom. The van der Waals surface area contributed by atoms with Gasteiger partial charge in [-0.1, -0.05) is 26.0 Å². The molecule has 0 aliphatic carbocycles. The predicted octanol–water partition coefficient (Wildman–Crippen LogP) is 1.26. The highest BCUT2D eigenvalue weighted by Crippen LogP contribution is 2.13. The third-order valence-corrected chi connectivity index (χ3v) is 5.45. The number of anilines is 1. The second-order valence-electron chi connectivity index (χ2n) is 8.99. The van der Waals surface area contributed by atoms with Crippen LogP contribution in [0.1, 0.15) is 57.9 Å². The number of benzene rings is 1. The van der Waals surface area contributed by atoms with E-state index in [1.54, 1.807) is 38.1 Å². The SMILES string of the molecule is [B]C(=O)OCc1ccc(NC(=O)[C@H](CCCNC(N)=O)NC(=O)C(NC(=O)CCCCC=O)C(C)C)cc1. The molecule has 0 saturated heterocycles. The Bertz CT molecular complexity index is 956. The van der Waals surface area contributed by atoms with Gasteiger partial charge < -0.3 is 36.5 Å². The van der Waals surface area contributed by atoms with Gasteiger partial charge in [-0.15, -0.1) is 0 Å². The molecular formula is C25H36BN5O7. The van der Waals surface area contributed by atoms with E-state index in [1.165, 1.54) is 0 Å². The van der Waals surface area contributed by atoms with Crippen LogP contribution >= 0.6 is 0 Å². The predicted molar refractivity (Wildman–Crippen MR) is 141 cm³/mol. The molecule has 206 valence electrons. The molecule has 0 saturated carbocycles. The van der Waals surface area contributed by atoms with Crippen molar-refractivity contribution in [1.82, 2.24) is 16.0 Å². The quantitative estimate of drug-likeness (QED) is 0.114. The maximum atomic E-state index is 13.1. The number of hydrogen-bond donors (Lipinski definition) is 5. The molecule has 12 nitrogen and oxygen atoms in total. The van der Waals surface area contributed by atoms with Crippen LogP contribution in [0.2, 0.25) is 0 Å². The summed E-state index contributed by atoms with van der Waals surface area (Å²) in [6.45, 7) is 3.72. The lowest BCUT2D eigenvalue weighted by molar-refractivity contribution is -0.132. The second-order valence-corrected chi connectivity index (χ2v) is 8.99. The molecule has 2 atom stereocenters. The van der Waals surface area contributed by atoms with Gasteiger partial charge in [0.2, 0.25) is 31.4 Å². The number of hydrogen-bond acceptors (Lipinski definition) is 7. The van der Waals surface area contributed by atoms with Gasteiger partial charge in [0.1, 0.15) is 25.0 Å². The van der Waals surface area contributed by atoms with Gasteiger partial charge in [0.05, 0.1) is 0 Å². The van der Waals surface area contributed by atoms with Crippen molar-refractivity contribution in [3.8, 4) is 0 Å². The zero-order valence-corrected chi connectivity index (χ0v) is 21.8. The van der Waals surface area contributed by atoms with E-state index in [9.17, 15) is 28.8 Å². The number of carbonyl (C=O) groups excluding carboxylic acids is 6. The highest BCUT2D eigenvalue weighted by molar-refractivity contribution is 6.55. The first kappa shape index (κ1) is 32.1. The summed E-state index contributed by atoms with van der Waals surface area (Å²) < 4.78 is 4.73. The van der Waals surface area contributed by atoms with Crippen molar-refractivity contribution in [2.75, 3.05) is 11.9 Å². The Kier molecular flexibility index (Phi) is 14.8. The highest BCUT2D eigenvalue weighted by Gasteiger charge is 2.28. The van der Waals surface area contributed by atoms with Gasteiger partial charge in [0.25, 0.3) is 0 Å². The van der Waals surface area contributed by atoms with E-state index in [0.29, 0.717) is 36.9 Å². The lowest BCUT2D eigenvalue weighted by atomic mass is 10.0. The number of carbonyl (C=O) groups is 6. The van der Waals surface area contributed by atoms with E-state index in [0.717, 1.165) is 6.29 Å². The van der Waals surface area contributed by atoms with Gasteiger partial charge in [-0.25, -0.2) is 4.79 Å². The van der Waals surface area contributed by atoms with Gasteiger partial charge in [-0.2, -0.15) is 0 Å². The van der Waals surface area contributed by atoms with Crippen LogP contribution in [0.15, 0.2) is 24.3 Å². The van der Waals surface area contributed by atoms with Gasteiger partial charge in [0, 0.05) is 25.1 Å². The molecule has 13 heteroatoms. The van der Waals surface area contributed by atoms with Crippen molar-refractivity contribution < 1.29 is 33.5 Å². The van der Waals surface area contributed by atoms with Crippen LogP contribution in [0.3, 0.4) is 0 Å². The summed E-state index contributed by atoms with van der Waals surface area (Å²) in [4.78, 5) is 70.6. The van der Waals surface area contributed by atoms with E-state index in [1.807, 2.05) is 0 Å². The summed E-state index contributed by atoms with van der Waals surface area (Å²) >= 11 is 0. The Labute approximate surface area is 223 Å². The molecule has 0 heterocycles. The Morgan fingerprint density at radius 1 is 1.00 bits per heavy atom. The molecule has 0 aliphatic heterocycles. The minimum absolute atomic E-state index is 0.0193. The number of unbranched alkanes of at least 4 members (excludes halogenated alkanes) is 2. The lowest BCUT2D eigenvalue weighted by Crippen LogP contribution is -2.54. The van der Waals surface area contributed by atoms with E-state index in [-0.39, 0.29) is 37.8 Å². The molecule has 5 amide bonds. The van der Waals surface area contributed by atoms with Crippen molar-refractivity contribution in [2.24, 2.45) is 11.7 Å². The second kappa shape index (κ2) is 17.5. The molecule has 0 spiro atoms. The molecule has 38 heavy (non-hydrogen) atoms. The molecule has 6 N–H and O–H groups in total. The van der Waals surface area contributed by atoms with Gasteiger partial charge in [-0.05, 0) is 49.3 Å². The van der Waals surface area contributed by atoms with Crippen molar-refractivity contribution in [3.05, 3.63) is 29.8 Å². The number of amides is 5. The average molecular weight is 529 g/mol. The molecular weight excluding hydrogens is 493 g/mol. The Balaban J connectivity index is 2.87. The first-order valence-corrected chi connectivity index (χ1v) is 12.4. The van der Waals surface area contributed by atoms with Gasteiger partial charge in [0.15, 0.2) is 0 Å². The van der Waals surface area contributed by atoms with Crippen LogP contribution in [-0.2, 0) is 30.5 Å². The van der Waals surface area contributed by atoms with E-state index in [2.05, 4.69) is 21.3 Å². The number of urea groups is 1. The van der Waals surface area contributed by atoms with Crippen molar-refractivity contribution >= 4 is 49.4 Å². The summed E-state index contributed by atoms with van der Waals surface area (Å²) in [5.74, 6) is -2.51. The van der Waals surface area contributed by atoms with Crippen molar-refractivity contribution in [1.29, 1.82) is 0 Å². The fraction of sp³-hybridized carbons (Fsp3) is 0.520. The third-order valence-electron chi connectivity index (χ3n) is 5.45. The van der Waals surface area contributed by atoms with Crippen LogP contribution in [0, 0.1) is 5.92 Å². The first-order valence-electron chi connectivity index (χ1n) is 12.4. The number of primary amides is 1. The maximum Gasteiger partial charge on any atom is 0.312 e. The molecule has 0 bridgehead atoms. The molecule has 2 radical (unpaired) electrons. The fourth-order valence-electron chi connectivity index (χ4n) is 3.41. The molecule has 1 unspecified atom stereocenters. The van der Waals surface area contributed by atoms with Crippen LogP contribution in [-0.4, -0.2) is 62.4 Å². The molecule has 1 rings (SSSR count). The van der Waals surface area contributed by atoms with Crippen molar-refractivity contribution in [2.45, 2.75) is 71.1 Å². The lowest BCUT2D eigenvalue weighted by Gasteiger charge is -2.25. The number of ether oxygens (including phenoxy) is 1. The zero-order chi connectivity index (χ0) is 28.5. The summed E-state index contributed by atoms with van der Waals surface area (Å²) in [5, 5.41) is 10.6. The zero-order valence-electron chi connectivity index (χ0n) is 21.8. The number of nitrogens with two attached hydrogens (primary N) is 1. The molecule has 1 aromatic carbocycles. The van der Waals surface area contributed by atoms with Gasteiger partial charge >= 0.3 is 6.03 Å². The smallest absolute Gasteiger partial charge is 0.312 e. The molecule has 0 aromatic heterocycles. The third kappa shape index (κ3) is 13.4. The summed E-state index contributed by atoms with van der Waals surface area (Å²) in [6.07, 6.45) is 2.96. The van der Waals surface area contributed by atoms with Crippen LogP contribution in [0.4, 0.5) is 15.3 Å². The van der Waals surface area contributed by atoms with E-state index >= 15 is 0 Å². The Morgan fingerprint density at radius 3 is 2.26 bits per heavy atom. The largest absolute Gasteiger partial charge is 0.470 e. The van der Waals surface area contributed by atoms with Crippen molar-refractivity contribution in [3.63, 3.8) is 0 Å². The number of rotatable bonds is 17.